The Bertz CT molecular complexity index is 1540. The highest BCUT2D eigenvalue weighted by Crippen LogP contribution is 2.30. The third kappa shape index (κ3) is 3.74. The lowest BCUT2D eigenvalue weighted by Crippen LogP contribution is -2.01. The number of para-hydroxylation sites is 2. The van der Waals surface area contributed by atoms with Crippen LogP contribution in [-0.2, 0) is 0 Å². The van der Waals surface area contributed by atoms with E-state index in [4.69, 9.17) is 32.6 Å². The summed E-state index contributed by atoms with van der Waals surface area (Å²) in [5, 5.41) is 2.52. The molecule has 0 saturated heterocycles. The minimum absolute atomic E-state index is 0.102. The molecule has 0 unspecified atom stereocenters. The van der Waals surface area contributed by atoms with E-state index in [0.29, 0.717) is 32.5 Å². The number of pyridine rings is 1. The van der Waals surface area contributed by atoms with Gasteiger partial charge in [0.2, 0.25) is 0 Å². The molecule has 0 aliphatic carbocycles. The lowest BCUT2D eigenvalue weighted by Gasteiger charge is -2.08. The highest BCUT2D eigenvalue weighted by atomic mass is 35.5. The maximum absolute atomic E-state index is 12.6. The summed E-state index contributed by atoms with van der Waals surface area (Å²) < 4.78 is 6.01. The maximum Gasteiger partial charge on any atom is 0.193 e. The fraction of sp³-hybridized carbons (Fsp3) is 0. The van der Waals surface area contributed by atoms with Crippen molar-refractivity contribution < 1.29 is 4.42 Å². The van der Waals surface area contributed by atoms with Gasteiger partial charge in [0.25, 0.3) is 0 Å². The Morgan fingerprint density at radius 1 is 0.774 bits per heavy atom. The summed E-state index contributed by atoms with van der Waals surface area (Å²) in [6.07, 6.45) is 3.88. The molecule has 5 rings (SSSR count). The first-order valence-corrected chi connectivity index (χ1v) is 10.4. The van der Waals surface area contributed by atoms with Gasteiger partial charge in [0.05, 0.1) is 20.9 Å². The van der Waals surface area contributed by atoms with Crippen LogP contribution in [0.4, 0.5) is 0 Å². The van der Waals surface area contributed by atoms with Crippen LogP contribution < -0.4 is 5.43 Å². The molecule has 3 nitrogen and oxygen atoms in total. The molecule has 31 heavy (non-hydrogen) atoms. The number of hydrogen-bond acceptors (Lipinski definition) is 3. The molecule has 2 heterocycles. The van der Waals surface area contributed by atoms with Crippen molar-refractivity contribution in [3.63, 3.8) is 0 Å². The Morgan fingerprint density at radius 3 is 2.39 bits per heavy atom. The minimum Gasteiger partial charge on any atom is -0.454 e. The van der Waals surface area contributed by atoms with Crippen LogP contribution in [0.2, 0.25) is 10.0 Å². The second kappa shape index (κ2) is 8.03. The predicted molar refractivity (Wildman–Crippen MR) is 129 cm³/mol. The second-order valence-corrected chi connectivity index (χ2v) is 7.85. The first kappa shape index (κ1) is 19.6. The van der Waals surface area contributed by atoms with Gasteiger partial charge in [0.1, 0.15) is 11.3 Å². The Morgan fingerprint density at radius 2 is 1.52 bits per heavy atom. The van der Waals surface area contributed by atoms with Crippen molar-refractivity contribution in [2.45, 2.75) is 0 Å². The predicted octanol–water partition coefficient (Wildman–Crippen LogP) is 7.49. The van der Waals surface area contributed by atoms with Crippen LogP contribution in [0.15, 0.2) is 88.1 Å². The van der Waals surface area contributed by atoms with E-state index < -0.39 is 0 Å². The monoisotopic (exact) mass is 443 g/mol. The van der Waals surface area contributed by atoms with Crippen molar-refractivity contribution in [3.05, 3.63) is 110 Å². The lowest BCUT2D eigenvalue weighted by atomic mass is 10.0. The van der Waals surface area contributed by atoms with Crippen molar-refractivity contribution in [2.24, 2.45) is 0 Å². The van der Waals surface area contributed by atoms with Crippen LogP contribution in [-0.4, -0.2) is 4.98 Å². The van der Waals surface area contributed by atoms with Crippen molar-refractivity contribution in [1.82, 2.24) is 4.98 Å². The summed E-state index contributed by atoms with van der Waals surface area (Å²) in [5.41, 5.74) is 3.55. The van der Waals surface area contributed by atoms with E-state index in [1.54, 1.807) is 18.2 Å². The summed E-state index contributed by atoms with van der Waals surface area (Å²) in [7, 11) is 0. The number of benzene rings is 3. The highest BCUT2D eigenvalue weighted by Gasteiger charge is 2.11. The smallest absolute Gasteiger partial charge is 0.193 e. The summed E-state index contributed by atoms with van der Waals surface area (Å²) in [6, 6.07) is 23.9. The molecular formula is C26H15Cl2NO2. The number of rotatable bonds is 3. The van der Waals surface area contributed by atoms with Gasteiger partial charge in [0, 0.05) is 11.5 Å². The summed E-state index contributed by atoms with van der Waals surface area (Å²) in [4.78, 5) is 17.3. The van der Waals surface area contributed by atoms with Gasteiger partial charge in [-0.2, -0.15) is 0 Å². The molecule has 0 aliphatic rings. The quantitative estimate of drug-likeness (QED) is 0.290. The Balaban J connectivity index is 1.69. The molecule has 0 saturated carbocycles. The van der Waals surface area contributed by atoms with E-state index in [0.717, 1.165) is 22.0 Å². The Kier molecular flexibility index (Phi) is 5.06. The number of nitrogens with zero attached hydrogens (tertiary/aromatic N) is 1. The average molecular weight is 444 g/mol. The van der Waals surface area contributed by atoms with Gasteiger partial charge in [-0.15, -0.1) is 0 Å². The van der Waals surface area contributed by atoms with E-state index in [9.17, 15) is 4.79 Å². The molecule has 0 amide bonds. The largest absolute Gasteiger partial charge is 0.454 e. The second-order valence-electron chi connectivity index (χ2n) is 7.06. The van der Waals surface area contributed by atoms with Crippen LogP contribution in [0.5, 0.6) is 0 Å². The highest BCUT2D eigenvalue weighted by molar-refractivity contribution is 6.43. The molecule has 0 spiro atoms. The molecule has 0 atom stereocenters. The molecule has 2 aromatic heterocycles. The first-order valence-electron chi connectivity index (χ1n) is 9.65. The van der Waals surface area contributed by atoms with Crippen LogP contribution in [0.25, 0.3) is 45.5 Å². The van der Waals surface area contributed by atoms with E-state index in [1.165, 1.54) is 6.07 Å². The molecular weight excluding hydrogens is 429 g/mol. The fourth-order valence-electron chi connectivity index (χ4n) is 3.53. The minimum atomic E-state index is -0.102. The summed E-state index contributed by atoms with van der Waals surface area (Å²) >= 11 is 12.5. The molecule has 5 aromatic rings. The topological polar surface area (TPSA) is 43.1 Å². The lowest BCUT2D eigenvalue weighted by molar-refractivity contribution is 0.616. The number of fused-ring (bicyclic) bond motifs is 2. The number of halogens is 2. The molecule has 3 aromatic carbocycles. The van der Waals surface area contributed by atoms with E-state index >= 15 is 0 Å². The molecule has 0 radical (unpaired) electrons. The molecule has 0 fully saturated rings. The van der Waals surface area contributed by atoms with Gasteiger partial charge in [-0.3, -0.25) is 4.79 Å². The molecule has 0 N–H and O–H groups in total. The summed E-state index contributed by atoms with van der Waals surface area (Å²) in [5.74, 6) is 0.421. The van der Waals surface area contributed by atoms with Gasteiger partial charge in [-0.05, 0) is 41.5 Å². The maximum atomic E-state index is 12.6. The summed E-state index contributed by atoms with van der Waals surface area (Å²) in [6.45, 7) is 0. The van der Waals surface area contributed by atoms with Crippen LogP contribution in [0, 0.1) is 0 Å². The van der Waals surface area contributed by atoms with Crippen molar-refractivity contribution in [1.29, 1.82) is 0 Å². The normalized spacial score (nSPS) is 11.5. The van der Waals surface area contributed by atoms with Gasteiger partial charge < -0.3 is 4.42 Å². The number of aromatic nitrogens is 1. The molecule has 5 heteroatoms. The van der Waals surface area contributed by atoms with Crippen molar-refractivity contribution in [2.75, 3.05) is 0 Å². The molecule has 0 bridgehead atoms. The third-order valence-electron chi connectivity index (χ3n) is 5.06. The Hall–Kier alpha value is -3.40. The Labute approximate surface area is 188 Å². The van der Waals surface area contributed by atoms with Gasteiger partial charge in [0.15, 0.2) is 11.2 Å². The zero-order chi connectivity index (χ0) is 21.4. The van der Waals surface area contributed by atoms with Crippen molar-refractivity contribution >= 4 is 57.2 Å². The van der Waals surface area contributed by atoms with Crippen LogP contribution in [0.1, 0.15) is 11.1 Å². The van der Waals surface area contributed by atoms with Gasteiger partial charge in [-0.1, -0.05) is 77.8 Å². The molecule has 0 aliphatic heterocycles. The first-order chi connectivity index (χ1) is 15.1. The van der Waals surface area contributed by atoms with Gasteiger partial charge in [-0.25, -0.2) is 4.98 Å². The average Bonchev–Trinajstić information content (AvgIpc) is 2.79. The molecule has 150 valence electrons. The zero-order valence-electron chi connectivity index (χ0n) is 16.2. The van der Waals surface area contributed by atoms with Crippen molar-refractivity contribution in [3.8, 4) is 11.5 Å². The standard InChI is InChI=1S/C26H15Cl2NO2/c27-20-9-5-6-16(26(20)28)12-13-17-14-22(29-21-10-3-1-7-18(17)21)25-15-23(30)19-8-2-4-11-24(19)31-25/h1-15H/b13-12+. The van der Waals surface area contributed by atoms with E-state index in [-0.39, 0.29) is 5.43 Å². The van der Waals surface area contributed by atoms with E-state index in [2.05, 4.69) is 0 Å². The van der Waals surface area contributed by atoms with Crippen LogP contribution >= 0.6 is 23.2 Å². The van der Waals surface area contributed by atoms with E-state index in [1.807, 2.05) is 66.7 Å². The third-order valence-corrected chi connectivity index (χ3v) is 5.89. The van der Waals surface area contributed by atoms with Crippen LogP contribution in [0.3, 0.4) is 0 Å². The number of hydrogen-bond donors (Lipinski definition) is 0. The SMILES string of the molecule is O=c1cc(-c2cc(/C=C/c3cccc(Cl)c3Cl)c3ccccc3n2)oc2ccccc12. The zero-order valence-corrected chi connectivity index (χ0v) is 17.7. The van der Waals surface area contributed by atoms with Gasteiger partial charge >= 0.3 is 0 Å². The fourth-order valence-corrected chi connectivity index (χ4v) is 3.90.